The third kappa shape index (κ3) is 5.30. The van der Waals surface area contributed by atoms with Crippen LogP contribution in [0.25, 0.3) is 0 Å². The van der Waals surface area contributed by atoms with Gasteiger partial charge in [-0.05, 0) is 42.8 Å². The number of nitrogens with one attached hydrogen (secondary N) is 1. The highest BCUT2D eigenvalue weighted by molar-refractivity contribution is 9.10. The van der Waals surface area contributed by atoms with Crippen LogP contribution in [0.2, 0.25) is 10.0 Å². The van der Waals surface area contributed by atoms with E-state index in [1.807, 2.05) is 24.3 Å². The maximum absolute atomic E-state index is 11.8. The molecule has 0 fully saturated rings. The van der Waals surface area contributed by atoms with Gasteiger partial charge in [0.05, 0.1) is 30.0 Å². The maximum Gasteiger partial charge on any atom is 0.340 e. The molecule has 2 rings (SSSR count). The summed E-state index contributed by atoms with van der Waals surface area (Å²) in [7, 11) is 1.31. The fourth-order valence-electron chi connectivity index (χ4n) is 2.03. The second kappa shape index (κ2) is 9.16. The molecule has 7 heteroatoms. The first-order valence-corrected chi connectivity index (χ1v) is 8.75. The molecule has 0 radical (unpaired) electrons. The third-order valence-corrected chi connectivity index (χ3v) is 4.21. The van der Waals surface area contributed by atoms with E-state index in [9.17, 15) is 4.79 Å². The molecule has 0 unspecified atom stereocenters. The molecule has 4 nitrogen and oxygen atoms in total. The molecular formula is C17H16BrCl2NO3. The summed E-state index contributed by atoms with van der Waals surface area (Å²) in [6.07, 6.45) is 0.732. The van der Waals surface area contributed by atoms with E-state index in [1.165, 1.54) is 13.2 Å². The molecule has 0 aromatic heterocycles. The summed E-state index contributed by atoms with van der Waals surface area (Å²) in [5, 5.41) is 3.89. The van der Waals surface area contributed by atoms with Gasteiger partial charge in [0.25, 0.3) is 0 Å². The van der Waals surface area contributed by atoms with Gasteiger partial charge in [0.15, 0.2) is 0 Å². The zero-order chi connectivity index (χ0) is 17.5. The molecule has 0 saturated heterocycles. The SMILES string of the molecule is COC(=O)c1cc(Cl)cc(Cl)c1NCCCOc1ccc(Br)cc1. The van der Waals surface area contributed by atoms with Crippen molar-refractivity contribution < 1.29 is 14.3 Å². The molecule has 0 amide bonds. The van der Waals surface area contributed by atoms with Crippen LogP contribution in [-0.4, -0.2) is 26.2 Å². The molecule has 0 atom stereocenters. The van der Waals surface area contributed by atoms with Gasteiger partial charge in [-0.15, -0.1) is 0 Å². The predicted octanol–water partition coefficient (Wildman–Crippen LogP) is 5.42. The molecule has 24 heavy (non-hydrogen) atoms. The molecule has 0 aliphatic carbocycles. The number of carbonyl (C=O) groups excluding carboxylic acids is 1. The van der Waals surface area contributed by atoms with Gasteiger partial charge in [-0.3, -0.25) is 0 Å². The normalized spacial score (nSPS) is 10.3. The number of anilines is 1. The highest BCUT2D eigenvalue weighted by Crippen LogP contribution is 2.30. The Morgan fingerprint density at radius 1 is 1.21 bits per heavy atom. The lowest BCUT2D eigenvalue weighted by Crippen LogP contribution is -2.12. The highest BCUT2D eigenvalue weighted by Gasteiger charge is 2.16. The zero-order valence-electron chi connectivity index (χ0n) is 12.9. The Morgan fingerprint density at radius 3 is 2.58 bits per heavy atom. The number of hydrogen-bond acceptors (Lipinski definition) is 4. The first-order chi connectivity index (χ1) is 11.5. The summed E-state index contributed by atoms with van der Waals surface area (Å²) >= 11 is 15.5. The zero-order valence-corrected chi connectivity index (χ0v) is 16.0. The predicted molar refractivity (Wildman–Crippen MR) is 101 cm³/mol. The van der Waals surface area contributed by atoms with Gasteiger partial charge >= 0.3 is 5.97 Å². The van der Waals surface area contributed by atoms with Gasteiger partial charge in [-0.2, -0.15) is 0 Å². The Balaban J connectivity index is 1.90. The van der Waals surface area contributed by atoms with Crippen LogP contribution < -0.4 is 10.1 Å². The molecule has 128 valence electrons. The van der Waals surface area contributed by atoms with E-state index in [0.29, 0.717) is 34.4 Å². The minimum atomic E-state index is -0.493. The van der Waals surface area contributed by atoms with Crippen molar-refractivity contribution in [1.82, 2.24) is 0 Å². The van der Waals surface area contributed by atoms with E-state index >= 15 is 0 Å². The van der Waals surface area contributed by atoms with Crippen molar-refractivity contribution in [2.45, 2.75) is 6.42 Å². The lowest BCUT2D eigenvalue weighted by Gasteiger charge is -2.13. The van der Waals surface area contributed by atoms with Gasteiger partial charge in [-0.1, -0.05) is 39.1 Å². The largest absolute Gasteiger partial charge is 0.494 e. The summed E-state index contributed by atoms with van der Waals surface area (Å²) in [6, 6.07) is 10.7. The number of esters is 1. The molecule has 2 aromatic carbocycles. The number of benzene rings is 2. The van der Waals surface area contributed by atoms with Crippen molar-refractivity contribution in [3.8, 4) is 5.75 Å². The van der Waals surface area contributed by atoms with Gasteiger partial charge in [-0.25, -0.2) is 4.79 Å². The fraction of sp³-hybridized carbons (Fsp3) is 0.235. The molecule has 0 aliphatic heterocycles. The summed E-state index contributed by atoms with van der Waals surface area (Å²) in [4.78, 5) is 11.8. The van der Waals surface area contributed by atoms with Crippen LogP contribution in [0.3, 0.4) is 0 Å². The Morgan fingerprint density at radius 2 is 1.92 bits per heavy atom. The lowest BCUT2D eigenvalue weighted by atomic mass is 10.1. The molecule has 0 aliphatic rings. The molecule has 0 saturated carbocycles. The topological polar surface area (TPSA) is 47.6 Å². The van der Waals surface area contributed by atoms with Crippen molar-refractivity contribution in [3.63, 3.8) is 0 Å². The highest BCUT2D eigenvalue weighted by atomic mass is 79.9. The second-order valence-electron chi connectivity index (χ2n) is 4.88. The smallest absolute Gasteiger partial charge is 0.340 e. The second-order valence-corrected chi connectivity index (χ2v) is 6.64. The minimum Gasteiger partial charge on any atom is -0.494 e. The fourth-order valence-corrected chi connectivity index (χ4v) is 2.86. The van der Waals surface area contributed by atoms with E-state index in [2.05, 4.69) is 21.2 Å². The first-order valence-electron chi connectivity index (χ1n) is 7.21. The standard InChI is InChI=1S/C17H16BrCl2NO3/c1-23-17(22)14-9-12(19)10-15(20)16(14)21-7-2-8-24-13-5-3-11(18)4-6-13/h3-6,9-10,21H,2,7-8H2,1H3. The van der Waals surface area contributed by atoms with Crippen LogP contribution in [-0.2, 0) is 4.74 Å². The number of ether oxygens (including phenoxy) is 2. The number of rotatable bonds is 7. The average Bonchev–Trinajstić information content (AvgIpc) is 2.56. The van der Waals surface area contributed by atoms with E-state index in [1.54, 1.807) is 6.07 Å². The number of halogens is 3. The number of methoxy groups -OCH3 is 1. The van der Waals surface area contributed by atoms with E-state index in [0.717, 1.165) is 16.6 Å². The van der Waals surface area contributed by atoms with Crippen molar-refractivity contribution >= 4 is 50.8 Å². The van der Waals surface area contributed by atoms with Crippen LogP contribution in [0.15, 0.2) is 40.9 Å². The number of carbonyl (C=O) groups is 1. The maximum atomic E-state index is 11.8. The molecule has 1 N–H and O–H groups in total. The van der Waals surface area contributed by atoms with Gasteiger partial charge in [0.1, 0.15) is 5.75 Å². The summed E-state index contributed by atoms with van der Waals surface area (Å²) in [5.41, 5.74) is 0.820. The van der Waals surface area contributed by atoms with Gasteiger partial charge in [0, 0.05) is 16.0 Å². The van der Waals surface area contributed by atoms with Crippen LogP contribution in [0, 0.1) is 0 Å². The minimum absolute atomic E-state index is 0.309. The van der Waals surface area contributed by atoms with Crippen molar-refractivity contribution in [2.75, 3.05) is 25.6 Å². The molecule has 0 heterocycles. The van der Waals surface area contributed by atoms with Crippen molar-refractivity contribution in [2.24, 2.45) is 0 Å². The van der Waals surface area contributed by atoms with E-state index in [-0.39, 0.29) is 0 Å². The van der Waals surface area contributed by atoms with Crippen molar-refractivity contribution in [3.05, 3.63) is 56.5 Å². The third-order valence-electron chi connectivity index (χ3n) is 3.17. The Labute approximate surface area is 159 Å². The van der Waals surface area contributed by atoms with Gasteiger partial charge < -0.3 is 14.8 Å². The Hall–Kier alpha value is -1.43. The molecule has 2 aromatic rings. The number of hydrogen-bond donors (Lipinski definition) is 1. The quantitative estimate of drug-likeness (QED) is 0.468. The van der Waals surface area contributed by atoms with Crippen LogP contribution in [0.5, 0.6) is 5.75 Å². The Bertz CT molecular complexity index is 708. The summed E-state index contributed by atoms with van der Waals surface area (Å²) in [5.74, 6) is 0.311. The van der Waals surface area contributed by atoms with Crippen LogP contribution in [0.4, 0.5) is 5.69 Å². The van der Waals surface area contributed by atoms with Crippen LogP contribution in [0.1, 0.15) is 16.8 Å². The summed E-state index contributed by atoms with van der Waals surface area (Å²) in [6.45, 7) is 1.12. The van der Waals surface area contributed by atoms with Crippen LogP contribution >= 0.6 is 39.1 Å². The lowest BCUT2D eigenvalue weighted by molar-refractivity contribution is 0.0602. The average molecular weight is 433 g/mol. The van der Waals surface area contributed by atoms with E-state index < -0.39 is 5.97 Å². The first kappa shape index (κ1) is 18.9. The van der Waals surface area contributed by atoms with Crippen molar-refractivity contribution in [1.29, 1.82) is 0 Å². The van der Waals surface area contributed by atoms with E-state index in [4.69, 9.17) is 32.7 Å². The molecular weight excluding hydrogens is 417 g/mol. The monoisotopic (exact) mass is 431 g/mol. The summed E-state index contributed by atoms with van der Waals surface area (Å²) < 4.78 is 11.4. The Kier molecular flexibility index (Phi) is 7.21. The molecule has 0 bridgehead atoms. The van der Waals surface area contributed by atoms with Gasteiger partial charge in [0.2, 0.25) is 0 Å². The molecule has 0 spiro atoms.